The summed E-state index contributed by atoms with van der Waals surface area (Å²) in [7, 11) is 5.95. The first-order valence-corrected chi connectivity index (χ1v) is 11.7. The van der Waals surface area contributed by atoms with E-state index in [-0.39, 0.29) is 6.54 Å². The number of carboxylic acid groups (broad SMARTS) is 1. The van der Waals surface area contributed by atoms with E-state index in [1.807, 2.05) is 0 Å². The van der Waals surface area contributed by atoms with Crippen LogP contribution in [-0.4, -0.2) is 51.5 Å². The number of aliphatic carboxylic acids is 1. The molecule has 4 rings (SSSR count). The fourth-order valence-electron chi connectivity index (χ4n) is 4.54. The summed E-state index contributed by atoms with van der Waals surface area (Å²) in [6.45, 7) is 0.00603. The topological polar surface area (TPSA) is 104 Å². The number of halogens is 1. The number of carboxylic acids is 1. The van der Waals surface area contributed by atoms with Crippen LogP contribution >= 0.6 is 0 Å². The Labute approximate surface area is 219 Å². The van der Waals surface area contributed by atoms with Crippen LogP contribution in [0.4, 0.5) is 10.1 Å². The van der Waals surface area contributed by atoms with Crippen LogP contribution in [0.15, 0.2) is 54.6 Å². The second kappa shape index (κ2) is 11.4. The average Bonchev–Trinajstić information content (AvgIpc) is 3.02. The average molecular weight is 526 g/mol. The highest BCUT2D eigenvalue weighted by Crippen LogP contribution is 2.45. The quantitative estimate of drug-likeness (QED) is 0.440. The highest BCUT2D eigenvalue weighted by Gasteiger charge is 2.39. The van der Waals surface area contributed by atoms with Gasteiger partial charge in [-0.3, -0.25) is 9.59 Å². The van der Waals surface area contributed by atoms with Crippen molar-refractivity contribution in [2.75, 3.05) is 33.3 Å². The van der Waals surface area contributed by atoms with Crippen molar-refractivity contribution in [2.24, 2.45) is 0 Å². The zero-order chi connectivity index (χ0) is 27.4. The van der Waals surface area contributed by atoms with Gasteiger partial charge in [-0.15, -0.1) is 0 Å². The Hall–Kier alpha value is -4.31. The number of carbonyl (C=O) groups is 2. The number of para-hydroxylation sites is 1. The zero-order valence-electron chi connectivity index (χ0n) is 21.4. The van der Waals surface area contributed by atoms with Crippen LogP contribution < -0.4 is 23.8 Å². The number of nitrogens with zero attached hydrogens (tertiary/aromatic N) is 1. The molecule has 0 radical (unpaired) electrons. The molecule has 0 saturated heterocycles. The molecule has 1 amide bonds. The number of carbonyl (C=O) groups excluding carboxylic acids is 1. The monoisotopic (exact) mass is 525 g/mol. The Morgan fingerprint density at radius 1 is 0.947 bits per heavy atom. The van der Waals surface area contributed by atoms with E-state index in [1.54, 1.807) is 36.4 Å². The number of hydrogen-bond donors (Lipinski definition) is 1. The number of hydrogen-bond acceptors (Lipinski definition) is 7. The van der Waals surface area contributed by atoms with E-state index in [0.29, 0.717) is 45.4 Å². The Morgan fingerprint density at radius 2 is 1.71 bits per heavy atom. The molecule has 38 heavy (non-hydrogen) atoms. The number of amides is 1. The van der Waals surface area contributed by atoms with E-state index < -0.39 is 36.3 Å². The van der Waals surface area contributed by atoms with Gasteiger partial charge < -0.3 is 33.7 Å². The highest BCUT2D eigenvalue weighted by atomic mass is 19.1. The SMILES string of the molecule is COc1ccc(CN2C(=O)C(CC(=O)O)OC(c3cccc(OC)c3OC)c3cc(F)ccc32)c(OC)c1. The molecule has 0 spiro atoms. The van der Waals surface area contributed by atoms with Crippen LogP contribution in [0, 0.1) is 5.82 Å². The Balaban J connectivity index is 1.91. The predicted octanol–water partition coefficient (Wildman–Crippen LogP) is 4.36. The number of fused-ring (bicyclic) bond motifs is 1. The van der Waals surface area contributed by atoms with Gasteiger partial charge in [-0.25, -0.2) is 4.39 Å². The van der Waals surface area contributed by atoms with Gasteiger partial charge >= 0.3 is 5.97 Å². The molecule has 0 fully saturated rings. The third-order valence-electron chi connectivity index (χ3n) is 6.30. The normalized spacial score (nSPS) is 16.9. The third-order valence-corrected chi connectivity index (χ3v) is 6.30. The maximum Gasteiger partial charge on any atom is 0.306 e. The number of methoxy groups -OCH3 is 4. The summed E-state index contributed by atoms with van der Waals surface area (Å²) in [5.74, 6) is -0.621. The second-order valence-electron chi connectivity index (χ2n) is 8.49. The van der Waals surface area contributed by atoms with Gasteiger partial charge in [0.25, 0.3) is 5.91 Å². The number of anilines is 1. The lowest BCUT2D eigenvalue weighted by atomic mass is 9.97. The molecule has 2 unspecified atom stereocenters. The highest BCUT2D eigenvalue weighted by molar-refractivity contribution is 5.99. The van der Waals surface area contributed by atoms with Gasteiger partial charge in [0.15, 0.2) is 11.5 Å². The van der Waals surface area contributed by atoms with E-state index >= 15 is 0 Å². The van der Waals surface area contributed by atoms with Crippen LogP contribution in [0.3, 0.4) is 0 Å². The third kappa shape index (κ3) is 5.21. The lowest BCUT2D eigenvalue weighted by molar-refractivity contribution is -0.147. The lowest BCUT2D eigenvalue weighted by Crippen LogP contribution is -2.40. The molecular weight excluding hydrogens is 497 g/mol. The van der Waals surface area contributed by atoms with E-state index in [2.05, 4.69) is 0 Å². The summed E-state index contributed by atoms with van der Waals surface area (Å²) in [5, 5.41) is 9.60. The first kappa shape index (κ1) is 26.7. The molecule has 1 N–H and O–H groups in total. The van der Waals surface area contributed by atoms with Crippen molar-refractivity contribution in [1.29, 1.82) is 0 Å². The first-order chi connectivity index (χ1) is 18.3. The minimum absolute atomic E-state index is 0.00603. The molecule has 200 valence electrons. The lowest BCUT2D eigenvalue weighted by Gasteiger charge is -2.25. The molecule has 9 nitrogen and oxygen atoms in total. The van der Waals surface area contributed by atoms with Gasteiger partial charge in [-0.1, -0.05) is 12.1 Å². The minimum Gasteiger partial charge on any atom is -0.497 e. The fraction of sp³-hybridized carbons (Fsp3) is 0.286. The molecule has 1 aliphatic heterocycles. The van der Waals surface area contributed by atoms with Gasteiger partial charge in [0, 0.05) is 22.8 Å². The van der Waals surface area contributed by atoms with E-state index in [0.717, 1.165) is 0 Å². The summed E-state index contributed by atoms with van der Waals surface area (Å²) in [6, 6.07) is 14.2. The number of rotatable bonds is 9. The maximum absolute atomic E-state index is 14.7. The van der Waals surface area contributed by atoms with Crippen molar-refractivity contribution in [3.8, 4) is 23.0 Å². The molecule has 3 aromatic carbocycles. The Kier molecular flexibility index (Phi) is 8.02. The second-order valence-corrected chi connectivity index (χ2v) is 8.49. The van der Waals surface area contributed by atoms with Crippen molar-refractivity contribution in [3.63, 3.8) is 0 Å². The molecule has 1 heterocycles. The summed E-state index contributed by atoms with van der Waals surface area (Å²) in [6.07, 6.45) is -3.02. The first-order valence-electron chi connectivity index (χ1n) is 11.7. The molecular formula is C28H28FNO8. The van der Waals surface area contributed by atoms with Crippen LogP contribution in [0.2, 0.25) is 0 Å². The van der Waals surface area contributed by atoms with Crippen molar-refractivity contribution in [1.82, 2.24) is 0 Å². The predicted molar refractivity (Wildman–Crippen MR) is 136 cm³/mol. The standard InChI is InChI=1S/C28H28FNO8/c1-34-18-10-8-16(23(13-18)36-3)15-30-21-11-9-17(29)12-20(21)26(38-24(28(30)33)14-25(31)32)19-6-5-7-22(35-2)27(19)37-4/h5-13,24,26H,14-15H2,1-4H3,(H,31,32). The van der Waals surface area contributed by atoms with Crippen molar-refractivity contribution in [3.05, 3.63) is 77.1 Å². The van der Waals surface area contributed by atoms with Crippen LogP contribution in [-0.2, 0) is 20.9 Å². The van der Waals surface area contributed by atoms with Crippen LogP contribution in [0.25, 0.3) is 0 Å². The molecule has 2 atom stereocenters. The Bertz CT molecular complexity index is 1340. The van der Waals surface area contributed by atoms with Crippen molar-refractivity contribution in [2.45, 2.75) is 25.2 Å². The van der Waals surface area contributed by atoms with E-state index in [9.17, 15) is 19.1 Å². The summed E-state index contributed by atoms with van der Waals surface area (Å²) >= 11 is 0. The number of benzene rings is 3. The largest absolute Gasteiger partial charge is 0.497 e. The van der Waals surface area contributed by atoms with Gasteiger partial charge in [-0.05, 0) is 36.4 Å². The van der Waals surface area contributed by atoms with Gasteiger partial charge in [-0.2, -0.15) is 0 Å². The minimum atomic E-state index is -1.38. The fourth-order valence-corrected chi connectivity index (χ4v) is 4.54. The van der Waals surface area contributed by atoms with Gasteiger partial charge in [0.1, 0.15) is 29.5 Å². The molecule has 0 saturated carbocycles. The van der Waals surface area contributed by atoms with Crippen molar-refractivity contribution < 1.29 is 42.8 Å². The van der Waals surface area contributed by atoms with Crippen LogP contribution in [0.1, 0.15) is 29.2 Å². The van der Waals surface area contributed by atoms with E-state index in [4.69, 9.17) is 23.7 Å². The molecule has 0 aromatic heterocycles. The molecule has 0 bridgehead atoms. The Morgan fingerprint density at radius 3 is 2.37 bits per heavy atom. The molecule has 0 aliphatic carbocycles. The summed E-state index contributed by atoms with van der Waals surface area (Å²) in [4.78, 5) is 27.0. The summed E-state index contributed by atoms with van der Waals surface area (Å²) < 4.78 is 42.6. The molecule has 3 aromatic rings. The maximum atomic E-state index is 14.7. The number of ether oxygens (including phenoxy) is 5. The summed E-state index contributed by atoms with van der Waals surface area (Å²) in [5.41, 5.74) is 1.76. The van der Waals surface area contributed by atoms with Crippen molar-refractivity contribution >= 4 is 17.6 Å². The smallest absolute Gasteiger partial charge is 0.306 e. The zero-order valence-corrected chi connectivity index (χ0v) is 21.4. The van der Waals surface area contributed by atoms with Gasteiger partial charge in [0.05, 0.1) is 47.1 Å². The molecule has 10 heteroatoms. The van der Waals surface area contributed by atoms with E-state index in [1.165, 1.54) is 51.5 Å². The van der Waals surface area contributed by atoms with Crippen LogP contribution in [0.5, 0.6) is 23.0 Å². The molecule has 1 aliphatic rings. The van der Waals surface area contributed by atoms with Gasteiger partial charge in [0.2, 0.25) is 0 Å².